The zero-order valence-corrected chi connectivity index (χ0v) is 47.9. The second kappa shape index (κ2) is 51.8. The van der Waals surface area contributed by atoms with Crippen LogP contribution < -0.4 is 5.32 Å². The van der Waals surface area contributed by atoms with E-state index in [0.29, 0.717) is 19.3 Å². The molecule has 1 fully saturated rings. The van der Waals surface area contributed by atoms with E-state index in [1.165, 1.54) is 244 Å². The Balaban J connectivity index is 2.21. The molecule has 9 unspecified atom stereocenters. The number of aliphatic hydroxyl groups is 7. The molecule has 8 N–H and O–H groups in total. The molecule has 1 aliphatic rings. The van der Waals surface area contributed by atoms with Gasteiger partial charge in [0.25, 0.3) is 0 Å². The van der Waals surface area contributed by atoms with Crippen molar-refractivity contribution < 1.29 is 50.0 Å². The second-order valence-electron chi connectivity index (χ2n) is 22.9. The van der Waals surface area contributed by atoms with Crippen molar-refractivity contribution in [2.45, 2.75) is 377 Å². The van der Waals surface area contributed by atoms with Gasteiger partial charge < -0.3 is 50.5 Å². The molecular weight excluding hydrogens is 919 g/mol. The Hall–Kier alpha value is -0.890. The minimum atomic E-state index is -1.66. The minimum absolute atomic E-state index is 0.267. The fraction of sp³-hybridized carbons (Fsp3) is 0.984. The number of ether oxygens (including phenoxy) is 2. The summed E-state index contributed by atoms with van der Waals surface area (Å²) in [7, 11) is 0. The summed E-state index contributed by atoms with van der Waals surface area (Å²) in [5.41, 5.74) is 0. The number of nitrogens with one attached hydrogen (secondary N) is 1. The molecule has 1 amide bonds. The summed E-state index contributed by atoms with van der Waals surface area (Å²) < 4.78 is 11.2. The molecule has 0 bridgehead atoms. The molecule has 0 aliphatic carbocycles. The first kappa shape index (κ1) is 70.1. The first-order valence-corrected chi connectivity index (χ1v) is 31.9. The summed E-state index contributed by atoms with van der Waals surface area (Å²) in [4.78, 5) is 13.2. The van der Waals surface area contributed by atoms with Gasteiger partial charge in [0.2, 0.25) is 5.91 Å². The lowest BCUT2D eigenvalue weighted by atomic mass is 9.98. The van der Waals surface area contributed by atoms with E-state index in [-0.39, 0.29) is 6.42 Å². The van der Waals surface area contributed by atoms with Crippen LogP contribution in [0, 0.1) is 0 Å². The van der Waals surface area contributed by atoms with Crippen molar-refractivity contribution in [3.63, 3.8) is 0 Å². The van der Waals surface area contributed by atoms with E-state index in [4.69, 9.17) is 9.47 Å². The minimum Gasteiger partial charge on any atom is -0.394 e. The normalized spacial score (nSPS) is 19.8. The van der Waals surface area contributed by atoms with E-state index in [0.717, 1.165) is 38.5 Å². The molecule has 11 nitrogen and oxygen atoms in total. The molecule has 0 aromatic heterocycles. The molecular formula is C62H123NO10. The molecule has 1 saturated heterocycles. The van der Waals surface area contributed by atoms with Crippen LogP contribution in [0.25, 0.3) is 0 Å². The molecule has 0 radical (unpaired) electrons. The highest BCUT2D eigenvalue weighted by Crippen LogP contribution is 2.24. The van der Waals surface area contributed by atoms with E-state index >= 15 is 0 Å². The predicted molar refractivity (Wildman–Crippen MR) is 303 cm³/mol. The Morgan fingerprint density at radius 3 is 1.01 bits per heavy atom. The molecule has 0 aromatic carbocycles. The van der Waals surface area contributed by atoms with Crippen LogP contribution in [-0.4, -0.2) is 110 Å². The van der Waals surface area contributed by atoms with Crippen LogP contribution in [0.15, 0.2) is 0 Å². The van der Waals surface area contributed by atoms with Crippen molar-refractivity contribution >= 4 is 5.91 Å². The highest BCUT2D eigenvalue weighted by Gasteiger charge is 2.44. The summed E-state index contributed by atoms with van der Waals surface area (Å²) in [6, 6.07) is -1.16. The Bertz CT molecular complexity index is 1150. The Morgan fingerprint density at radius 2 is 0.712 bits per heavy atom. The number of unbranched alkanes of at least 4 members (excludes halogenated alkanes) is 44. The lowest BCUT2D eigenvalue weighted by Crippen LogP contribution is -2.60. The molecule has 436 valence electrons. The van der Waals surface area contributed by atoms with Gasteiger partial charge in [-0.05, 0) is 12.8 Å². The summed E-state index contributed by atoms with van der Waals surface area (Å²) in [5.74, 6) is -0.689. The Kier molecular flexibility index (Phi) is 49.8. The standard InChI is InChI=1S/C62H123NO10/c1-3-5-7-9-11-13-15-17-19-21-22-23-24-25-26-27-28-29-30-31-32-34-35-37-39-41-43-45-47-49-54(65)57(67)53(52-72-62-60(70)59(69)58(68)56(51-64)73-62)63-61(71)55(66)50-48-46-44-42-40-38-36-33-20-18-16-14-12-10-8-6-4-2/h53-60,62,64-70H,3-52H2,1-2H3,(H,63,71). The summed E-state index contributed by atoms with van der Waals surface area (Å²) in [6.07, 6.45) is 48.8. The molecule has 1 aliphatic heterocycles. The highest BCUT2D eigenvalue weighted by molar-refractivity contribution is 5.80. The first-order chi connectivity index (χ1) is 35.7. The van der Waals surface area contributed by atoms with E-state index < -0.39 is 74.2 Å². The van der Waals surface area contributed by atoms with Gasteiger partial charge in [0.15, 0.2) is 6.29 Å². The molecule has 11 heteroatoms. The average Bonchev–Trinajstić information content (AvgIpc) is 3.39. The van der Waals surface area contributed by atoms with Gasteiger partial charge in [-0.15, -0.1) is 0 Å². The molecule has 1 rings (SSSR count). The number of hydrogen-bond acceptors (Lipinski definition) is 10. The van der Waals surface area contributed by atoms with Crippen LogP contribution in [0.1, 0.15) is 322 Å². The van der Waals surface area contributed by atoms with Gasteiger partial charge in [-0.3, -0.25) is 4.79 Å². The first-order valence-electron chi connectivity index (χ1n) is 31.9. The van der Waals surface area contributed by atoms with Gasteiger partial charge in [-0.2, -0.15) is 0 Å². The SMILES string of the molecule is CCCCCCCCCCCCCCCCCCCCCCCCCCCCCCCC(O)C(O)C(COC1OC(CO)C(O)C(O)C1O)NC(=O)C(O)CCCCCCCCCCCCCCCCCCC. The number of amides is 1. The third-order valence-corrected chi connectivity index (χ3v) is 15.9. The zero-order valence-electron chi connectivity index (χ0n) is 47.9. The third kappa shape index (κ3) is 40.0. The van der Waals surface area contributed by atoms with Crippen molar-refractivity contribution in [1.29, 1.82) is 0 Å². The topological polar surface area (TPSA) is 189 Å². The van der Waals surface area contributed by atoms with Crippen LogP contribution in [0.4, 0.5) is 0 Å². The van der Waals surface area contributed by atoms with Crippen molar-refractivity contribution in [1.82, 2.24) is 5.32 Å². The van der Waals surface area contributed by atoms with Crippen LogP contribution in [0.2, 0.25) is 0 Å². The fourth-order valence-corrected chi connectivity index (χ4v) is 10.7. The monoisotopic (exact) mass is 1040 g/mol. The van der Waals surface area contributed by atoms with E-state index in [2.05, 4.69) is 19.2 Å². The van der Waals surface area contributed by atoms with Gasteiger partial charge >= 0.3 is 0 Å². The van der Waals surface area contributed by atoms with Gasteiger partial charge in [-0.25, -0.2) is 0 Å². The zero-order chi connectivity index (χ0) is 53.3. The van der Waals surface area contributed by atoms with Crippen molar-refractivity contribution in [3.05, 3.63) is 0 Å². The Labute approximate surface area is 449 Å². The fourth-order valence-electron chi connectivity index (χ4n) is 10.7. The lowest BCUT2D eigenvalue weighted by molar-refractivity contribution is -0.303. The average molecular weight is 1040 g/mol. The van der Waals surface area contributed by atoms with Gasteiger partial charge in [0, 0.05) is 0 Å². The van der Waals surface area contributed by atoms with Gasteiger partial charge in [0.1, 0.15) is 36.6 Å². The quantitative estimate of drug-likeness (QED) is 0.0272. The lowest BCUT2D eigenvalue weighted by Gasteiger charge is -2.40. The van der Waals surface area contributed by atoms with E-state index in [1.54, 1.807) is 0 Å². The largest absolute Gasteiger partial charge is 0.394 e. The number of hydrogen-bond donors (Lipinski definition) is 8. The van der Waals surface area contributed by atoms with Crippen LogP contribution in [0.3, 0.4) is 0 Å². The van der Waals surface area contributed by atoms with Crippen LogP contribution in [0.5, 0.6) is 0 Å². The molecule has 0 saturated carbocycles. The number of carbonyl (C=O) groups excluding carboxylic acids is 1. The maximum Gasteiger partial charge on any atom is 0.249 e. The van der Waals surface area contributed by atoms with Gasteiger partial charge in [-0.1, -0.05) is 309 Å². The smallest absolute Gasteiger partial charge is 0.249 e. The number of aliphatic hydroxyl groups excluding tert-OH is 7. The summed E-state index contributed by atoms with van der Waals surface area (Å²) in [6.45, 7) is 3.51. The maximum absolute atomic E-state index is 13.2. The van der Waals surface area contributed by atoms with Crippen molar-refractivity contribution in [2.24, 2.45) is 0 Å². The molecule has 9 atom stereocenters. The van der Waals surface area contributed by atoms with Crippen molar-refractivity contribution in [3.8, 4) is 0 Å². The second-order valence-corrected chi connectivity index (χ2v) is 22.9. The van der Waals surface area contributed by atoms with Crippen LogP contribution >= 0.6 is 0 Å². The molecule has 0 spiro atoms. The maximum atomic E-state index is 13.2. The number of rotatable bonds is 56. The third-order valence-electron chi connectivity index (χ3n) is 15.9. The molecule has 0 aromatic rings. The van der Waals surface area contributed by atoms with Crippen molar-refractivity contribution in [2.75, 3.05) is 13.2 Å². The molecule has 73 heavy (non-hydrogen) atoms. The van der Waals surface area contributed by atoms with E-state index in [1.807, 2.05) is 0 Å². The summed E-state index contributed by atoms with van der Waals surface area (Å²) >= 11 is 0. The van der Waals surface area contributed by atoms with Gasteiger partial charge in [0.05, 0.1) is 25.4 Å². The van der Waals surface area contributed by atoms with Crippen LogP contribution in [-0.2, 0) is 14.3 Å². The predicted octanol–water partition coefficient (Wildman–Crippen LogP) is 14.1. The Morgan fingerprint density at radius 1 is 0.425 bits per heavy atom. The number of carbonyl (C=O) groups is 1. The highest BCUT2D eigenvalue weighted by atomic mass is 16.7. The summed E-state index contributed by atoms with van der Waals surface area (Å²) in [5, 5.41) is 76.3. The molecule has 1 heterocycles. The van der Waals surface area contributed by atoms with E-state index in [9.17, 15) is 40.5 Å².